The molecule has 0 amide bonds. The number of benzene rings is 1. The van der Waals surface area contributed by atoms with Gasteiger partial charge in [-0.15, -0.1) is 11.3 Å². The first-order valence-corrected chi connectivity index (χ1v) is 10.5. The zero-order chi connectivity index (χ0) is 19.0. The first-order chi connectivity index (χ1) is 13.0. The number of fused-ring (bicyclic) bond motifs is 1. The maximum Gasteiger partial charge on any atom is 0.186 e. The standard InChI is InChI=1S/C19H19F2N3OS2/c1-11-12(2)26-18-17(11)19(27-13-3-4-14(20)15(21)9-13)23-16(22-18)10-24-5-7-25-8-6-24/h3-4,9H,5-8,10H2,1-2H3/p+1. The first-order valence-electron chi connectivity index (χ1n) is 8.82. The topological polar surface area (TPSA) is 39.5 Å². The highest BCUT2D eigenvalue weighted by Gasteiger charge is 2.20. The van der Waals surface area contributed by atoms with E-state index in [-0.39, 0.29) is 0 Å². The SMILES string of the molecule is Cc1sc2nc(C[NH+]3CCOCC3)nc(Sc3ccc(F)c(F)c3)c2c1C. The van der Waals surface area contributed by atoms with Gasteiger partial charge < -0.3 is 9.64 Å². The van der Waals surface area contributed by atoms with Gasteiger partial charge in [0.2, 0.25) is 0 Å². The molecule has 4 nitrogen and oxygen atoms in total. The maximum atomic E-state index is 13.6. The highest BCUT2D eigenvalue weighted by atomic mass is 32.2. The molecule has 142 valence electrons. The van der Waals surface area contributed by atoms with Crippen molar-refractivity contribution in [2.75, 3.05) is 26.3 Å². The normalized spacial score (nSPS) is 15.6. The van der Waals surface area contributed by atoms with Crippen molar-refractivity contribution in [1.82, 2.24) is 9.97 Å². The van der Waals surface area contributed by atoms with Crippen molar-refractivity contribution in [3.8, 4) is 0 Å². The van der Waals surface area contributed by atoms with Crippen LogP contribution in [0.25, 0.3) is 10.2 Å². The Morgan fingerprint density at radius 3 is 2.67 bits per heavy atom. The fourth-order valence-corrected chi connectivity index (χ4v) is 5.26. The van der Waals surface area contributed by atoms with Crippen molar-refractivity contribution in [3.05, 3.63) is 46.1 Å². The van der Waals surface area contributed by atoms with Crippen LogP contribution in [0.1, 0.15) is 16.3 Å². The number of hydrogen-bond donors (Lipinski definition) is 1. The van der Waals surface area contributed by atoms with Gasteiger partial charge >= 0.3 is 0 Å². The average Bonchev–Trinajstić information content (AvgIpc) is 2.93. The number of hydrogen-bond acceptors (Lipinski definition) is 5. The number of morpholine rings is 1. The van der Waals surface area contributed by atoms with Crippen molar-refractivity contribution in [1.29, 1.82) is 0 Å². The summed E-state index contributed by atoms with van der Waals surface area (Å²) in [6.45, 7) is 8.25. The molecule has 0 saturated carbocycles. The van der Waals surface area contributed by atoms with Crippen molar-refractivity contribution < 1.29 is 18.4 Å². The van der Waals surface area contributed by atoms with Crippen LogP contribution in [0, 0.1) is 25.5 Å². The molecule has 0 radical (unpaired) electrons. The molecular weight excluding hydrogens is 388 g/mol. The molecule has 0 spiro atoms. The Morgan fingerprint density at radius 1 is 1.15 bits per heavy atom. The lowest BCUT2D eigenvalue weighted by molar-refractivity contribution is -0.922. The molecule has 1 N–H and O–H groups in total. The average molecular weight is 409 g/mol. The van der Waals surface area contributed by atoms with E-state index in [0.29, 0.717) is 4.90 Å². The van der Waals surface area contributed by atoms with Gasteiger partial charge in [-0.25, -0.2) is 18.7 Å². The van der Waals surface area contributed by atoms with Gasteiger partial charge in [-0.05, 0) is 37.6 Å². The molecule has 3 aromatic rings. The van der Waals surface area contributed by atoms with E-state index in [4.69, 9.17) is 14.7 Å². The molecule has 1 saturated heterocycles. The summed E-state index contributed by atoms with van der Waals surface area (Å²) in [6, 6.07) is 3.95. The number of aryl methyl sites for hydroxylation is 2. The van der Waals surface area contributed by atoms with E-state index in [1.54, 1.807) is 17.4 Å². The molecule has 1 aliphatic heterocycles. The second-order valence-corrected chi connectivity index (χ2v) is 8.89. The van der Waals surface area contributed by atoms with Crippen LogP contribution in [0.5, 0.6) is 0 Å². The van der Waals surface area contributed by atoms with Gasteiger partial charge in [0.25, 0.3) is 0 Å². The summed E-state index contributed by atoms with van der Waals surface area (Å²) in [5.74, 6) is -0.904. The lowest BCUT2D eigenvalue weighted by Gasteiger charge is -2.23. The predicted octanol–water partition coefficient (Wildman–Crippen LogP) is 3.15. The van der Waals surface area contributed by atoms with Gasteiger partial charge in [0.15, 0.2) is 17.5 Å². The fourth-order valence-electron chi connectivity index (χ4n) is 3.12. The third-order valence-electron chi connectivity index (χ3n) is 4.76. The summed E-state index contributed by atoms with van der Waals surface area (Å²) in [6.07, 6.45) is 0. The van der Waals surface area contributed by atoms with Crippen LogP contribution in [-0.4, -0.2) is 36.3 Å². The van der Waals surface area contributed by atoms with Crippen LogP contribution < -0.4 is 4.90 Å². The number of quaternary nitrogens is 1. The zero-order valence-electron chi connectivity index (χ0n) is 15.1. The minimum atomic E-state index is -0.846. The van der Waals surface area contributed by atoms with E-state index in [1.165, 1.54) is 27.6 Å². The van der Waals surface area contributed by atoms with Crippen LogP contribution in [0.3, 0.4) is 0 Å². The van der Waals surface area contributed by atoms with Crippen LogP contribution in [0.4, 0.5) is 8.78 Å². The molecule has 1 aromatic carbocycles. The highest BCUT2D eigenvalue weighted by Crippen LogP contribution is 2.38. The van der Waals surface area contributed by atoms with Crippen LogP contribution in [0.2, 0.25) is 0 Å². The number of ether oxygens (including phenoxy) is 1. The molecule has 2 aromatic heterocycles. The molecule has 27 heavy (non-hydrogen) atoms. The van der Waals surface area contributed by atoms with Gasteiger partial charge in [-0.1, -0.05) is 11.8 Å². The van der Waals surface area contributed by atoms with Gasteiger partial charge in [0.05, 0.1) is 13.2 Å². The Labute approximate surface area is 164 Å². The quantitative estimate of drug-likeness (QED) is 0.674. The zero-order valence-corrected chi connectivity index (χ0v) is 16.8. The number of halogens is 2. The third-order valence-corrected chi connectivity index (χ3v) is 6.83. The molecule has 0 atom stereocenters. The molecule has 4 rings (SSSR count). The monoisotopic (exact) mass is 408 g/mol. The third kappa shape index (κ3) is 3.99. The minimum absolute atomic E-state index is 0.627. The summed E-state index contributed by atoms with van der Waals surface area (Å²) in [5.41, 5.74) is 1.14. The van der Waals surface area contributed by atoms with Gasteiger partial charge in [-0.3, -0.25) is 0 Å². The Hall–Kier alpha value is -1.61. The number of aromatic nitrogens is 2. The van der Waals surface area contributed by atoms with E-state index < -0.39 is 11.6 Å². The Balaban J connectivity index is 1.72. The second-order valence-electron chi connectivity index (χ2n) is 6.63. The van der Waals surface area contributed by atoms with Gasteiger partial charge in [-0.2, -0.15) is 0 Å². The van der Waals surface area contributed by atoms with E-state index in [2.05, 4.69) is 13.8 Å². The highest BCUT2D eigenvalue weighted by molar-refractivity contribution is 7.99. The number of nitrogens with one attached hydrogen (secondary N) is 1. The summed E-state index contributed by atoms with van der Waals surface area (Å²) in [4.78, 5) is 13.8. The van der Waals surface area contributed by atoms with E-state index >= 15 is 0 Å². The van der Waals surface area contributed by atoms with Crippen molar-refractivity contribution >= 4 is 33.3 Å². The van der Waals surface area contributed by atoms with Crippen LogP contribution in [-0.2, 0) is 11.3 Å². The summed E-state index contributed by atoms with van der Waals surface area (Å²) >= 11 is 3.01. The molecule has 0 aliphatic carbocycles. The first kappa shape index (κ1) is 18.7. The predicted molar refractivity (Wildman–Crippen MR) is 103 cm³/mol. The number of thiophene rings is 1. The number of rotatable bonds is 4. The summed E-state index contributed by atoms with van der Waals surface area (Å²) in [5, 5.41) is 1.81. The van der Waals surface area contributed by atoms with Crippen LogP contribution >= 0.6 is 23.1 Å². The summed E-state index contributed by atoms with van der Waals surface area (Å²) in [7, 11) is 0. The van der Waals surface area contributed by atoms with E-state index in [9.17, 15) is 8.78 Å². The summed E-state index contributed by atoms with van der Waals surface area (Å²) < 4.78 is 32.3. The molecule has 0 unspecified atom stereocenters. The maximum absolute atomic E-state index is 13.6. The molecule has 3 heterocycles. The lowest BCUT2D eigenvalue weighted by Crippen LogP contribution is -3.12. The Bertz CT molecular complexity index is 987. The minimum Gasteiger partial charge on any atom is -0.370 e. The molecule has 1 fully saturated rings. The number of nitrogens with zero attached hydrogens (tertiary/aromatic N) is 2. The lowest BCUT2D eigenvalue weighted by atomic mass is 10.2. The largest absolute Gasteiger partial charge is 0.370 e. The van der Waals surface area contributed by atoms with Gasteiger partial charge in [0, 0.05) is 15.2 Å². The van der Waals surface area contributed by atoms with Crippen molar-refractivity contribution in [2.45, 2.75) is 30.3 Å². The Morgan fingerprint density at radius 2 is 1.93 bits per heavy atom. The van der Waals surface area contributed by atoms with E-state index in [1.807, 2.05) is 0 Å². The van der Waals surface area contributed by atoms with Gasteiger partial charge in [0.1, 0.15) is 29.5 Å². The molecule has 1 aliphatic rings. The van der Waals surface area contributed by atoms with E-state index in [0.717, 1.165) is 65.5 Å². The smallest absolute Gasteiger partial charge is 0.186 e. The fraction of sp³-hybridized carbons (Fsp3) is 0.368. The molecule has 8 heteroatoms. The van der Waals surface area contributed by atoms with Crippen molar-refractivity contribution in [2.24, 2.45) is 0 Å². The molecular formula is C19H20F2N3OS2+. The Kier molecular flexibility index (Phi) is 5.41. The second kappa shape index (κ2) is 7.79. The van der Waals surface area contributed by atoms with Crippen molar-refractivity contribution in [3.63, 3.8) is 0 Å². The molecule has 0 bridgehead atoms. The van der Waals surface area contributed by atoms with Crippen LogP contribution in [0.15, 0.2) is 28.1 Å².